The number of nitrogens with zero attached hydrogens (tertiary/aromatic N) is 2. The monoisotopic (exact) mass is 463 g/mol. The minimum absolute atomic E-state index is 0.219. The standard InChI is InChI=1S/C20H49N9O3/c1-20(2,31-17-6-24)32-18-10-27-19(30)26-9-14-29(13-8-25-7-3-21)16-15-28(11-4-22)12-5-23/h25H,3-18,21-24H2,1-2H3,(H2,26,27,30). The van der Waals surface area contributed by atoms with Crippen molar-refractivity contribution in [3.05, 3.63) is 0 Å². The quantitative estimate of drug-likeness (QED) is 0.0649. The molecule has 0 unspecified atom stereocenters. The average Bonchev–Trinajstić information content (AvgIpc) is 2.76. The number of rotatable bonds is 22. The zero-order valence-electron chi connectivity index (χ0n) is 20.2. The lowest BCUT2D eigenvalue weighted by Crippen LogP contribution is -2.46. The summed E-state index contributed by atoms with van der Waals surface area (Å²) in [6.45, 7) is 14.3. The third kappa shape index (κ3) is 18.5. The van der Waals surface area contributed by atoms with Crippen LogP contribution in [0.1, 0.15) is 13.8 Å². The third-order valence-electron chi connectivity index (χ3n) is 4.67. The molecule has 0 saturated heterocycles. The van der Waals surface area contributed by atoms with Crippen LogP contribution in [0.5, 0.6) is 0 Å². The molecular weight excluding hydrogens is 414 g/mol. The van der Waals surface area contributed by atoms with Crippen LogP contribution in [-0.2, 0) is 9.47 Å². The largest absolute Gasteiger partial charge is 0.349 e. The van der Waals surface area contributed by atoms with E-state index in [1.165, 1.54) is 0 Å². The first kappa shape index (κ1) is 30.9. The zero-order valence-corrected chi connectivity index (χ0v) is 20.2. The highest BCUT2D eigenvalue weighted by molar-refractivity contribution is 5.73. The average molecular weight is 464 g/mol. The highest BCUT2D eigenvalue weighted by Crippen LogP contribution is 2.09. The van der Waals surface area contributed by atoms with Crippen LogP contribution >= 0.6 is 0 Å². The van der Waals surface area contributed by atoms with Gasteiger partial charge in [-0.15, -0.1) is 0 Å². The summed E-state index contributed by atoms with van der Waals surface area (Å²) in [4.78, 5) is 16.6. The predicted octanol–water partition coefficient (Wildman–Crippen LogP) is -2.92. The molecule has 0 aromatic carbocycles. The number of nitrogens with two attached hydrogens (primary N) is 4. The Balaban J connectivity index is 4.23. The fourth-order valence-electron chi connectivity index (χ4n) is 2.98. The summed E-state index contributed by atoms with van der Waals surface area (Å²) in [5.74, 6) is -0.725. The molecule has 0 aromatic heterocycles. The second-order valence-corrected chi connectivity index (χ2v) is 7.87. The van der Waals surface area contributed by atoms with Crippen molar-refractivity contribution in [2.75, 3.05) is 105 Å². The van der Waals surface area contributed by atoms with E-state index < -0.39 is 5.79 Å². The maximum Gasteiger partial charge on any atom is 0.314 e. The molecule has 12 heteroatoms. The Morgan fingerprint density at radius 1 is 0.688 bits per heavy atom. The second-order valence-electron chi connectivity index (χ2n) is 7.87. The third-order valence-corrected chi connectivity index (χ3v) is 4.67. The van der Waals surface area contributed by atoms with Gasteiger partial charge in [-0.2, -0.15) is 0 Å². The predicted molar refractivity (Wildman–Crippen MR) is 129 cm³/mol. The van der Waals surface area contributed by atoms with Gasteiger partial charge in [0, 0.05) is 91.6 Å². The summed E-state index contributed by atoms with van der Waals surface area (Å²) in [6.07, 6.45) is 0. The van der Waals surface area contributed by atoms with Crippen LogP contribution in [0.3, 0.4) is 0 Å². The second kappa shape index (κ2) is 20.5. The number of carbonyl (C=O) groups is 1. The van der Waals surface area contributed by atoms with Crippen LogP contribution < -0.4 is 38.9 Å². The number of hydrogen-bond donors (Lipinski definition) is 7. The highest BCUT2D eigenvalue weighted by Gasteiger charge is 2.18. The number of hydrogen-bond acceptors (Lipinski definition) is 10. The highest BCUT2D eigenvalue weighted by atomic mass is 16.7. The first-order valence-electron chi connectivity index (χ1n) is 11.6. The van der Waals surface area contributed by atoms with E-state index in [-0.39, 0.29) is 6.03 Å². The first-order chi connectivity index (χ1) is 15.4. The van der Waals surface area contributed by atoms with Gasteiger partial charge in [0.05, 0.1) is 13.2 Å². The van der Waals surface area contributed by atoms with Crippen LogP contribution in [0.15, 0.2) is 0 Å². The fourth-order valence-corrected chi connectivity index (χ4v) is 2.98. The Kier molecular flexibility index (Phi) is 19.8. The lowest BCUT2D eigenvalue weighted by Gasteiger charge is -2.27. The Morgan fingerprint density at radius 2 is 1.25 bits per heavy atom. The summed E-state index contributed by atoms with van der Waals surface area (Å²) >= 11 is 0. The van der Waals surface area contributed by atoms with E-state index in [9.17, 15) is 4.79 Å². The van der Waals surface area contributed by atoms with Gasteiger partial charge in [-0.1, -0.05) is 0 Å². The number of nitrogens with one attached hydrogen (secondary N) is 3. The smallest absolute Gasteiger partial charge is 0.314 e. The Morgan fingerprint density at radius 3 is 1.84 bits per heavy atom. The van der Waals surface area contributed by atoms with Gasteiger partial charge >= 0.3 is 6.03 Å². The van der Waals surface area contributed by atoms with Gasteiger partial charge in [0.1, 0.15) is 0 Å². The topological polar surface area (TPSA) is 182 Å². The van der Waals surface area contributed by atoms with Crippen molar-refractivity contribution in [1.82, 2.24) is 25.8 Å². The molecule has 0 atom stereocenters. The van der Waals surface area contributed by atoms with E-state index >= 15 is 0 Å². The van der Waals surface area contributed by atoms with Crippen LogP contribution in [0.2, 0.25) is 0 Å². The molecule has 0 aliphatic carbocycles. The number of amides is 2. The molecule has 0 aliphatic rings. The summed E-state index contributed by atoms with van der Waals surface area (Å²) in [5.41, 5.74) is 22.4. The van der Waals surface area contributed by atoms with E-state index in [1.807, 2.05) is 13.8 Å². The maximum atomic E-state index is 12.1. The fraction of sp³-hybridized carbons (Fsp3) is 0.950. The molecule has 11 N–H and O–H groups in total. The summed E-state index contributed by atoms with van der Waals surface area (Å²) in [6, 6.07) is -0.219. The van der Waals surface area contributed by atoms with Gasteiger partial charge in [-0.05, 0) is 13.8 Å². The van der Waals surface area contributed by atoms with Gasteiger partial charge in [0.25, 0.3) is 0 Å². The lowest BCUT2D eigenvalue weighted by molar-refractivity contribution is -0.210. The molecule has 32 heavy (non-hydrogen) atoms. The van der Waals surface area contributed by atoms with Gasteiger partial charge in [0.15, 0.2) is 5.79 Å². The molecule has 0 aromatic rings. The number of urea groups is 1. The number of carbonyl (C=O) groups excluding carboxylic acids is 1. The van der Waals surface area contributed by atoms with Crippen molar-refractivity contribution in [3.63, 3.8) is 0 Å². The molecule has 0 heterocycles. The van der Waals surface area contributed by atoms with Gasteiger partial charge < -0.3 is 48.4 Å². The zero-order chi connectivity index (χ0) is 24.1. The normalized spacial score (nSPS) is 12.0. The maximum absolute atomic E-state index is 12.1. The molecule has 12 nitrogen and oxygen atoms in total. The Labute approximate surface area is 194 Å². The Bertz CT molecular complexity index is 439. The molecule has 0 radical (unpaired) electrons. The molecule has 192 valence electrons. The van der Waals surface area contributed by atoms with E-state index in [0.29, 0.717) is 52.5 Å². The lowest BCUT2D eigenvalue weighted by atomic mass is 10.3. The van der Waals surface area contributed by atoms with Crippen molar-refractivity contribution in [1.29, 1.82) is 0 Å². The summed E-state index contributed by atoms with van der Waals surface area (Å²) in [5, 5.41) is 9.00. The number of ether oxygens (including phenoxy) is 2. The van der Waals surface area contributed by atoms with Gasteiger partial charge in [-0.3, -0.25) is 9.80 Å². The molecular formula is C20H49N9O3. The minimum atomic E-state index is -0.725. The minimum Gasteiger partial charge on any atom is -0.349 e. The molecule has 0 rings (SSSR count). The van der Waals surface area contributed by atoms with Crippen molar-refractivity contribution >= 4 is 6.03 Å². The van der Waals surface area contributed by atoms with Gasteiger partial charge in [-0.25, -0.2) is 4.79 Å². The van der Waals surface area contributed by atoms with Crippen molar-refractivity contribution in [3.8, 4) is 0 Å². The molecule has 0 fully saturated rings. The van der Waals surface area contributed by atoms with Crippen molar-refractivity contribution in [2.45, 2.75) is 19.6 Å². The van der Waals surface area contributed by atoms with Gasteiger partial charge in [0.2, 0.25) is 0 Å². The van der Waals surface area contributed by atoms with Crippen LogP contribution in [0.4, 0.5) is 4.79 Å². The van der Waals surface area contributed by atoms with E-state index in [1.54, 1.807) is 0 Å². The van der Waals surface area contributed by atoms with E-state index in [4.69, 9.17) is 32.4 Å². The summed E-state index contributed by atoms with van der Waals surface area (Å²) < 4.78 is 11.1. The SMILES string of the molecule is CC(C)(OCCN)OCCNC(=O)NCCN(CCNCCN)CCN(CCN)CCN. The molecule has 0 spiro atoms. The van der Waals surface area contributed by atoms with Crippen LogP contribution in [-0.4, -0.2) is 126 Å². The van der Waals surface area contributed by atoms with E-state index in [2.05, 4.69) is 25.8 Å². The van der Waals surface area contributed by atoms with Crippen molar-refractivity contribution < 1.29 is 14.3 Å². The van der Waals surface area contributed by atoms with Crippen LogP contribution in [0, 0.1) is 0 Å². The first-order valence-corrected chi connectivity index (χ1v) is 11.6. The molecule has 2 amide bonds. The molecule has 0 bridgehead atoms. The Hall–Kier alpha value is -1.09. The van der Waals surface area contributed by atoms with E-state index in [0.717, 1.165) is 52.4 Å². The molecule has 0 aliphatic heterocycles. The molecule has 0 saturated carbocycles. The van der Waals surface area contributed by atoms with Crippen LogP contribution in [0.25, 0.3) is 0 Å². The summed E-state index contributed by atoms with van der Waals surface area (Å²) in [7, 11) is 0. The van der Waals surface area contributed by atoms with Crippen molar-refractivity contribution in [2.24, 2.45) is 22.9 Å².